The number of fused-ring (bicyclic) bond motifs is 1. The van der Waals surface area contributed by atoms with Crippen molar-refractivity contribution in [1.29, 1.82) is 0 Å². The summed E-state index contributed by atoms with van der Waals surface area (Å²) in [6.07, 6.45) is 3.58. The molecule has 37 heavy (non-hydrogen) atoms. The van der Waals surface area contributed by atoms with Gasteiger partial charge in [0.2, 0.25) is 0 Å². The van der Waals surface area contributed by atoms with Crippen molar-refractivity contribution < 1.29 is 33.2 Å². The number of allylic oxidation sites excluding steroid dienone is 1. The number of H-pyrrole nitrogens is 1. The van der Waals surface area contributed by atoms with Crippen LogP contribution in [0.25, 0.3) is 27.7 Å². The fraction of sp³-hybridized carbons (Fsp3) is 0.172. The fourth-order valence-corrected chi connectivity index (χ4v) is 4.33. The van der Waals surface area contributed by atoms with Crippen molar-refractivity contribution in [2.24, 2.45) is 7.05 Å². The summed E-state index contributed by atoms with van der Waals surface area (Å²) >= 11 is 1.84. The van der Waals surface area contributed by atoms with Gasteiger partial charge in [-0.1, -0.05) is 0 Å². The van der Waals surface area contributed by atoms with E-state index < -0.39 is 5.82 Å². The van der Waals surface area contributed by atoms with Gasteiger partial charge >= 0.3 is 209 Å². The Hall–Kier alpha value is -3.70. The Balaban J connectivity index is 1.90. The quantitative estimate of drug-likeness (QED) is 0.170. The number of benzene rings is 2. The molecule has 2 aromatic carbocycles. The van der Waals surface area contributed by atoms with E-state index in [0.29, 0.717) is 39.1 Å². The van der Waals surface area contributed by atoms with E-state index in [0.717, 1.165) is 16.9 Å². The molecule has 0 bridgehead atoms. The second-order valence-electron chi connectivity index (χ2n) is 8.82. The average molecular weight is 581 g/mol. The molecule has 4 aromatic rings. The van der Waals surface area contributed by atoms with Crippen LogP contribution >= 0.6 is 0 Å². The Labute approximate surface area is 226 Å². The monoisotopic (exact) mass is 583 g/mol. The van der Waals surface area contributed by atoms with Crippen LogP contribution in [0.1, 0.15) is 16.7 Å². The first-order valence-corrected chi connectivity index (χ1v) is 12.7. The van der Waals surface area contributed by atoms with E-state index in [9.17, 15) is 4.79 Å². The van der Waals surface area contributed by atoms with Crippen LogP contribution in [0, 0.1) is 19.7 Å². The zero-order chi connectivity index (χ0) is 26.9. The molecule has 0 saturated heterocycles. The molecule has 2 aromatic heterocycles. The summed E-state index contributed by atoms with van der Waals surface area (Å²) in [5, 5.41) is 0.616. The summed E-state index contributed by atoms with van der Waals surface area (Å²) in [7, 11) is 4.99. The molecule has 0 spiro atoms. The van der Waals surface area contributed by atoms with Gasteiger partial charge in [-0.3, -0.25) is 0 Å². The first kappa shape index (κ1) is 26.4. The van der Waals surface area contributed by atoms with E-state index in [-0.39, 0.29) is 11.3 Å². The van der Waals surface area contributed by atoms with Crippen molar-refractivity contribution >= 4 is 21.0 Å². The molecule has 190 valence electrons. The number of rotatable bonds is 8. The molecule has 4 rings (SSSR count). The molecular weight excluding hydrogens is 553 g/mol. The molecule has 0 aliphatic heterocycles. The predicted molar refractivity (Wildman–Crippen MR) is 143 cm³/mol. The number of ether oxygens (including phenoxy) is 2. The molecule has 0 unspecified atom stereocenters. The van der Waals surface area contributed by atoms with Gasteiger partial charge in [-0.25, -0.2) is 0 Å². The molecule has 0 aliphatic rings. The van der Waals surface area contributed by atoms with Crippen molar-refractivity contribution in [3.8, 4) is 22.8 Å². The molecule has 0 saturated carbocycles. The molecule has 0 fully saturated rings. The maximum absolute atomic E-state index is 15.1. The minimum absolute atomic E-state index is 0.125. The third-order valence-electron chi connectivity index (χ3n) is 6.17. The topological polar surface area (TPSA) is 59.5 Å². The third kappa shape index (κ3) is 5.09. The minimum atomic E-state index is -0.506. The molecule has 0 radical (unpaired) electrons. The first-order valence-electron chi connectivity index (χ1n) is 11.5. The van der Waals surface area contributed by atoms with Crippen molar-refractivity contribution in [3.05, 3.63) is 100 Å². The third-order valence-corrected chi connectivity index (χ3v) is 6.99. The second kappa shape index (κ2) is 10.7. The van der Waals surface area contributed by atoms with Gasteiger partial charge in [0.25, 0.3) is 0 Å². The summed E-state index contributed by atoms with van der Waals surface area (Å²) in [6, 6.07) is 12.6. The average Bonchev–Trinajstić information content (AvgIpc) is 3.33. The van der Waals surface area contributed by atoms with Crippen LogP contribution in [0.2, 0.25) is 0 Å². The number of methoxy groups -OCH3 is 1. The van der Waals surface area contributed by atoms with Crippen molar-refractivity contribution in [2.75, 3.05) is 14.2 Å². The maximum atomic E-state index is 15.1. The van der Waals surface area contributed by atoms with Gasteiger partial charge in [-0.05, 0) is 6.07 Å². The Kier molecular flexibility index (Phi) is 7.65. The fourth-order valence-electron chi connectivity index (χ4n) is 4.18. The van der Waals surface area contributed by atoms with E-state index in [1.165, 1.54) is 11.7 Å². The van der Waals surface area contributed by atoms with Gasteiger partial charge in [0.15, 0.2) is 0 Å². The van der Waals surface area contributed by atoms with Crippen molar-refractivity contribution in [1.82, 2.24) is 14.5 Å². The summed E-state index contributed by atoms with van der Waals surface area (Å²) in [4.78, 5) is 18.1. The number of hydrogen-bond acceptors (Lipinski definition) is 4. The number of pyridine rings is 1. The van der Waals surface area contributed by atoms with Gasteiger partial charge in [-0.2, -0.15) is 0 Å². The molecular formula is C29H28FMoN3O3. The first-order chi connectivity index (χ1) is 17.7. The number of hydrogen-bond donors (Lipinski definition) is 1. The number of para-hydroxylation sites is 1. The standard InChI is InChI=1S/C29H28FN3O3.Mo/c1-17-10-8-11-18(2)28(17)36-25(16-32(4)5)19(3)22-15-33(6)29(34)27-21(22)14-23(31-27)20-12-9-13-24(35-7)26(20)30;/h4,8-16,31H,3H2,1-2,5-7H3;/b25-16+;. The molecule has 2 heterocycles. The van der Waals surface area contributed by atoms with Gasteiger partial charge < -0.3 is 4.74 Å². The van der Waals surface area contributed by atoms with E-state index in [1.807, 2.05) is 74.1 Å². The molecule has 0 atom stereocenters. The molecule has 0 aliphatic carbocycles. The van der Waals surface area contributed by atoms with Crippen LogP contribution in [0.15, 0.2) is 72.0 Å². The van der Waals surface area contributed by atoms with Gasteiger partial charge in [0.05, 0.1) is 7.11 Å². The van der Waals surface area contributed by atoms with Crippen molar-refractivity contribution in [2.45, 2.75) is 13.8 Å². The van der Waals surface area contributed by atoms with Crippen LogP contribution in [0.4, 0.5) is 4.39 Å². The Morgan fingerprint density at radius 2 is 1.86 bits per heavy atom. The summed E-state index contributed by atoms with van der Waals surface area (Å²) in [6.45, 7) is 8.34. The van der Waals surface area contributed by atoms with E-state index >= 15 is 4.39 Å². The predicted octanol–water partition coefficient (Wildman–Crippen LogP) is 5.47. The van der Waals surface area contributed by atoms with Crippen molar-refractivity contribution in [3.63, 3.8) is 0 Å². The zero-order valence-corrected chi connectivity index (χ0v) is 23.4. The van der Waals surface area contributed by atoms with Gasteiger partial charge in [-0.15, -0.1) is 0 Å². The van der Waals surface area contributed by atoms with E-state index in [1.54, 1.807) is 37.5 Å². The SMILES string of the molecule is C=C(/C(=C\N(C)[CH]=[Mo])Oc1c(C)cccc1C)c1cn(C)c(=O)c2[nH]c(-c3cccc(OC)c3F)cc12. The number of aryl methyl sites for hydroxylation is 3. The molecule has 0 amide bonds. The Morgan fingerprint density at radius 1 is 1.19 bits per heavy atom. The second-order valence-corrected chi connectivity index (χ2v) is 9.34. The number of aromatic nitrogens is 2. The molecule has 6 nitrogen and oxygen atoms in total. The normalized spacial score (nSPS) is 11.5. The van der Waals surface area contributed by atoms with Crippen LogP contribution < -0.4 is 15.0 Å². The Bertz CT molecular complexity index is 1600. The molecule has 8 heteroatoms. The van der Waals surface area contributed by atoms with Gasteiger partial charge in [0, 0.05) is 0 Å². The summed E-state index contributed by atoms with van der Waals surface area (Å²) in [5.41, 5.74) is 4.13. The van der Waals surface area contributed by atoms with E-state index in [4.69, 9.17) is 9.47 Å². The molecule has 1 N–H and O–H groups in total. The van der Waals surface area contributed by atoms with E-state index in [2.05, 4.69) is 11.6 Å². The summed E-state index contributed by atoms with van der Waals surface area (Å²) in [5.74, 6) is 0.887. The number of nitrogens with one attached hydrogen (secondary N) is 1. The Morgan fingerprint density at radius 3 is 2.51 bits per heavy atom. The zero-order valence-electron chi connectivity index (χ0n) is 21.4. The van der Waals surface area contributed by atoms with Crippen LogP contribution in [-0.4, -0.2) is 33.1 Å². The number of halogens is 1. The number of aromatic amines is 1. The number of nitrogens with zero attached hydrogens (tertiary/aromatic N) is 2. The van der Waals surface area contributed by atoms with Crippen LogP contribution in [0.3, 0.4) is 0 Å². The summed E-state index contributed by atoms with van der Waals surface area (Å²) < 4.78 is 30.1. The van der Waals surface area contributed by atoms with Crippen LogP contribution in [0.5, 0.6) is 11.5 Å². The van der Waals surface area contributed by atoms with Crippen LogP contribution in [-0.2, 0) is 26.4 Å². The van der Waals surface area contributed by atoms with Gasteiger partial charge in [0.1, 0.15) is 0 Å².